The van der Waals surface area contributed by atoms with Crippen molar-refractivity contribution in [3.05, 3.63) is 28.1 Å². The fraction of sp³-hybridized carbons (Fsp3) is 0.556. The van der Waals surface area contributed by atoms with Crippen LogP contribution in [0.4, 0.5) is 0 Å². The van der Waals surface area contributed by atoms with E-state index in [1.807, 2.05) is 17.5 Å². The summed E-state index contributed by atoms with van der Waals surface area (Å²) >= 11 is 1.43. The normalized spacial score (nSPS) is 14.8. The lowest BCUT2D eigenvalue weighted by Crippen LogP contribution is -2.36. The number of aliphatic hydroxyl groups excluding tert-OH is 1. The summed E-state index contributed by atoms with van der Waals surface area (Å²) in [6.45, 7) is 3.92. The Morgan fingerprint density at radius 2 is 2.00 bits per heavy atom. The number of ether oxygens (including phenoxy) is 1. The molecule has 0 radical (unpaired) electrons. The highest BCUT2D eigenvalue weighted by molar-refractivity contribution is 7.11. The van der Waals surface area contributed by atoms with Crippen LogP contribution >= 0.6 is 11.3 Å². The van der Waals surface area contributed by atoms with E-state index < -0.39 is 0 Å². The van der Waals surface area contributed by atoms with Gasteiger partial charge in [0.25, 0.3) is 11.8 Å². The molecule has 0 bridgehead atoms. The first-order chi connectivity index (χ1) is 12.1. The van der Waals surface area contributed by atoms with Crippen molar-refractivity contribution in [3.63, 3.8) is 0 Å². The molecule has 0 aromatic carbocycles. The first kappa shape index (κ1) is 19.6. The average Bonchev–Trinajstić information content (AvgIpc) is 3.19. The van der Waals surface area contributed by atoms with Gasteiger partial charge in [0.15, 0.2) is 0 Å². The van der Waals surface area contributed by atoms with Crippen molar-refractivity contribution < 1.29 is 19.4 Å². The predicted octanol–water partition coefficient (Wildman–Crippen LogP) is 1.96. The van der Waals surface area contributed by atoms with Crippen LogP contribution in [0.1, 0.15) is 31.1 Å². The summed E-state index contributed by atoms with van der Waals surface area (Å²) in [5.74, 6) is -0.557. The minimum atomic E-state index is -0.294. The first-order valence-corrected chi connectivity index (χ1v) is 9.53. The first-order valence-electron chi connectivity index (χ1n) is 8.65. The van der Waals surface area contributed by atoms with Crippen LogP contribution in [0.3, 0.4) is 0 Å². The SMILES string of the molecule is CCCCOCCCN1C(=O)C(c2cccs2)=C(N(C)CCO)C1=O. The van der Waals surface area contributed by atoms with E-state index in [2.05, 4.69) is 6.92 Å². The van der Waals surface area contributed by atoms with Crippen molar-refractivity contribution in [2.45, 2.75) is 26.2 Å². The smallest absolute Gasteiger partial charge is 0.277 e. The van der Waals surface area contributed by atoms with E-state index in [0.29, 0.717) is 44.0 Å². The molecule has 0 atom stereocenters. The molecule has 2 rings (SSSR count). The summed E-state index contributed by atoms with van der Waals surface area (Å²) in [7, 11) is 1.72. The molecule has 1 aliphatic heterocycles. The fourth-order valence-electron chi connectivity index (χ4n) is 2.70. The van der Waals surface area contributed by atoms with Crippen LogP contribution in [-0.2, 0) is 14.3 Å². The van der Waals surface area contributed by atoms with Crippen LogP contribution in [0.5, 0.6) is 0 Å². The molecule has 6 nitrogen and oxygen atoms in total. The standard InChI is InChI=1S/C18H26N2O4S/c1-3-4-11-24-12-6-8-20-17(22)15(14-7-5-13-25-14)16(18(20)23)19(2)9-10-21/h5,7,13,21H,3-4,6,8-12H2,1-2H3. The Morgan fingerprint density at radius 1 is 1.24 bits per heavy atom. The Hall–Kier alpha value is -1.70. The van der Waals surface area contributed by atoms with Gasteiger partial charge in [-0.3, -0.25) is 14.5 Å². The minimum absolute atomic E-state index is 0.0789. The highest BCUT2D eigenvalue weighted by Crippen LogP contribution is 2.33. The van der Waals surface area contributed by atoms with Crippen LogP contribution in [0.2, 0.25) is 0 Å². The lowest BCUT2D eigenvalue weighted by Gasteiger charge is -2.20. The van der Waals surface area contributed by atoms with Crippen LogP contribution in [0.15, 0.2) is 23.2 Å². The molecule has 0 spiro atoms. The van der Waals surface area contributed by atoms with Crippen LogP contribution in [0, 0.1) is 0 Å². The van der Waals surface area contributed by atoms with Crippen LogP contribution < -0.4 is 0 Å². The lowest BCUT2D eigenvalue weighted by molar-refractivity contribution is -0.137. The van der Waals surface area contributed by atoms with Crippen molar-refractivity contribution in [1.82, 2.24) is 9.80 Å². The topological polar surface area (TPSA) is 70.1 Å². The van der Waals surface area contributed by atoms with Crippen molar-refractivity contribution in [2.24, 2.45) is 0 Å². The molecule has 0 saturated heterocycles. The van der Waals surface area contributed by atoms with Crippen molar-refractivity contribution >= 4 is 28.7 Å². The zero-order valence-electron chi connectivity index (χ0n) is 14.9. The molecule has 1 aromatic rings. The molecule has 1 aromatic heterocycles. The van der Waals surface area contributed by atoms with Gasteiger partial charge < -0.3 is 14.7 Å². The third-order valence-corrected chi connectivity index (χ3v) is 4.93. The Kier molecular flexibility index (Phi) is 7.61. The van der Waals surface area contributed by atoms with E-state index in [4.69, 9.17) is 4.74 Å². The van der Waals surface area contributed by atoms with Crippen LogP contribution in [0.25, 0.3) is 5.57 Å². The predicted molar refractivity (Wildman–Crippen MR) is 98.0 cm³/mol. The summed E-state index contributed by atoms with van der Waals surface area (Å²) in [6, 6.07) is 3.70. The number of unbranched alkanes of at least 4 members (excludes halogenated alkanes) is 1. The number of rotatable bonds is 11. The molecule has 1 aliphatic rings. The van der Waals surface area contributed by atoms with Gasteiger partial charge in [-0.2, -0.15) is 0 Å². The van der Waals surface area contributed by atoms with E-state index >= 15 is 0 Å². The van der Waals surface area contributed by atoms with Gasteiger partial charge in [-0.05, 0) is 24.3 Å². The minimum Gasteiger partial charge on any atom is -0.395 e. The Labute approximate surface area is 152 Å². The van der Waals surface area contributed by atoms with Gasteiger partial charge in [-0.15, -0.1) is 11.3 Å². The number of hydrogen-bond donors (Lipinski definition) is 1. The highest BCUT2D eigenvalue weighted by atomic mass is 32.1. The maximum Gasteiger partial charge on any atom is 0.277 e. The molecule has 0 fully saturated rings. The number of amides is 2. The van der Waals surface area contributed by atoms with Crippen molar-refractivity contribution in [3.8, 4) is 0 Å². The molecule has 7 heteroatoms. The summed E-state index contributed by atoms with van der Waals surface area (Å²) in [4.78, 5) is 29.3. The molecular weight excluding hydrogens is 340 g/mol. The van der Waals surface area contributed by atoms with Gasteiger partial charge in [0.1, 0.15) is 5.70 Å². The second-order valence-electron chi connectivity index (χ2n) is 5.93. The lowest BCUT2D eigenvalue weighted by atomic mass is 10.2. The highest BCUT2D eigenvalue weighted by Gasteiger charge is 2.40. The van der Waals surface area contributed by atoms with Crippen molar-refractivity contribution in [2.75, 3.05) is 40.0 Å². The molecular formula is C18H26N2O4S. The maximum absolute atomic E-state index is 12.8. The quantitative estimate of drug-likeness (QED) is 0.479. The molecule has 138 valence electrons. The zero-order valence-corrected chi connectivity index (χ0v) is 15.7. The number of carbonyl (C=O) groups is 2. The van der Waals surface area contributed by atoms with Gasteiger partial charge >= 0.3 is 0 Å². The number of hydrogen-bond acceptors (Lipinski definition) is 6. The van der Waals surface area contributed by atoms with Crippen molar-refractivity contribution in [1.29, 1.82) is 0 Å². The van der Waals surface area contributed by atoms with E-state index in [1.54, 1.807) is 11.9 Å². The Morgan fingerprint density at radius 3 is 2.64 bits per heavy atom. The number of imide groups is 1. The number of likely N-dealkylation sites (N-methyl/N-ethyl adjacent to an activating group) is 1. The summed E-state index contributed by atoms with van der Waals surface area (Å²) in [6.07, 6.45) is 2.72. The molecule has 2 amide bonds. The second-order valence-corrected chi connectivity index (χ2v) is 6.88. The molecule has 0 saturated carbocycles. The van der Waals surface area contributed by atoms with Gasteiger partial charge in [0.2, 0.25) is 0 Å². The third-order valence-electron chi connectivity index (χ3n) is 4.04. The van der Waals surface area contributed by atoms with E-state index in [9.17, 15) is 14.7 Å². The van der Waals surface area contributed by atoms with Gasteiger partial charge in [0, 0.05) is 38.2 Å². The molecule has 0 aliphatic carbocycles. The number of nitrogens with zero attached hydrogens (tertiary/aromatic N) is 2. The van der Waals surface area contributed by atoms with Crippen LogP contribution in [-0.4, -0.2) is 66.7 Å². The van der Waals surface area contributed by atoms with Gasteiger partial charge in [-0.25, -0.2) is 0 Å². The van der Waals surface area contributed by atoms with E-state index in [-0.39, 0.29) is 18.4 Å². The zero-order chi connectivity index (χ0) is 18.2. The Balaban J connectivity index is 2.09. The second kappa shape index (κ2) is 9.70. The number of aliphatic hydroxyl groups is 1. The number of thiophene rings is 1. The van der Waals surface area contributed by atoms with E-state index in [0.717, 1.165) is 17.7 Å². The fourth-order valence-corrected chi connectivity index (χ4v) is 3.46. The summed E-state index contributed by atoms with van der Waals surface area (Å²) in [5, 5.41) is 11.1. The summed E-state index contributed by atoms with van der Waals surface area (Å²) in [5.41, 5.74) is 0.802. The van der Waals surface area contributed by atoms with Gasteiger partial charge in [0.05, 0.1) is 12.2 Å². The molecule has 0 unspecified atom stereocenters. The average molecular weight is 366 g/mol. The third kappa shape index (κ3) is 4.68. The molecule has 25 heavy (non-hydrogen) atoms. The molecule has 1 N–H and O–H groups in total. The number of carbonyl (C=O) groups excluding carboxylic acids is 2. The monoisotopic (exact) mass is 366 g/mol. The summed E-state index contributed by atoms with van der Waals surface area (Å²) < 4.78 is 5.51. The van der Waals surface area contributed by atoms with Gasteiger partial charge in [-0.1, -0.05) is 19.4 Å². The van der Waals surface area contributed by atoms with E-state index in [1.165, 1.54) is 16.2 Å². The largest absolute Gasteiger partial charge is 0.395 e. The Bertz CT molecular complexity index is 613. The maximum atomic E-state index is 12.8. The molecule has 2 heterocycles.